The molecule has 1 unspecified atom stereocenters. The van der Waals surface area contributed by atoms with Gasteiger partial charge >= 0.3 is 11.9 Å². The van der Waals surface area contributed by atoms with Gasteiger partial charge in [0.25, 0.3) is 0 Å². The predicted octanol–water partition coefficient (Wildman–Crippen LogP) is 1.39. The molecule has 0 spiro atoms. The fourth-order valence-electron chi connectivity index (χ4n) is 1.55. The Hall–Kier alpha value is -1.59. The summed E-state index contributed by atoms with van der Waals surface area (Å²) in [5.74, 6) is -2.14. The van der Waals surface area contributed by atoms with Gasteiger partial charge < -0.3 is 15.5 Å². The zero-order chi connectivity index (χ0) is 14.0. The second-order valence-corrected chi connectivity index (χ2v) is 4.20. The number of carbonyl (C=O) groups is 3. The Morgan fingerprint density at radius 2 is 1.72 bits per heavy atom. The molecule has 0 heterocycles. The van der Waals surface area contributed by atoms with Crippen molar-refractivity contribution in [3.05, 3.63) is 0 Å². The highest BCUT2D eigenvalue weighted by Gasteiger charge is 2.18. The molecule has 0 fully saturated rings. The molecule has 0 aliphatic carbocycles. The average molecular weight is 259 g/mol. The zero-order valence-electron chi connectivity index (χ0n) is 10.6. The lowest BCUT2D eigenvalue weighted by molar-refractivity contribution is -0.142. The number of nitrogens with one attached hydrogen (secondary N) is 1. The summed E-state index contributed by atoms with van der Waals surface area (Å²) in [6.45, 7) is 1.85. The first kappa shape index (κ1) is 16.4. The number of aliphatic carboxylic acids is 2. The molecule has 6 nitrogen and oxygen atoms in total. The Morgan fingerprint density at radius 1 is 1.06 bits per heavy atom. The molecule has 0 radical (unpaired) electrons. The third kappa shape index (κ3) is 8.55. The summed E-state index contributed by atoms with van der Waals surface area (Å²) in [5, 5.41) is 19.8. The number of amides is 1. The Bertz CT molecular complexity index is 290. The van der Waals surface area contributed by atoms with Crippen LogP contribution in [0.4, 0.5) is 0 Å². The Labute approximate surface area is 106 Å². The van der Waals surface area contributed by atoms with Crippen molar-refractivity contribution in [1.82, 2.24) is 5.32 Å². The maximum atomic E-state index is 11.3. The molecule has 0 aromatic rings. The molecule has 0 aliphatic rings. The summed E-state index contributed by atoms with van der Waals surface area (Å²) >= 11 is 0. The first-order valence-corrected chi connectivity index (χ1v) is 6.21. The van der Waals surface area contributed by atoms with Crippen LogP contribution < -0.4 is 5.32 Å². The predicted molar refractivity (Wildman–Crippen MR) is 65.2 cm³/mol. The Morgan fingerprint density at radius 3 is 2.22 bits per heavy atom. The Balaban J connectivity index is 3.87. The van der Waals surface area contributed by atoms with Gasteiger partial charge in [-0.25, -0.2) is 4.79 Å². The average Bonchev–Trinajstić information content (AvgIpc) is 2.26. The van der Waals surface area contributed by atoms with Gasteiger partial charge in [-0.2, -0.15) is 0 Å². The van der Waals surface area contributed by atoms with Gasteiger partial charge in [-0.05, 0) is 19.3 Å². The molecule has 1 amide bonds. The minimum atomic E-state index is -1.04. The minimum Gasteiger partial charge on any atom is -0.481 e. The Kier molecular flexibility index (Phi) is 8.61. The molecular weight excluding hydrogens is 238 g/mol. The van der Waals surface area contributed by atoms with Crippen molar-refractivity contribution >= 4 is 17.8 Å². The molecule has 0 aromatic heterocycles. The molecule has 18 heavy (non-hydrogen) atoms. The first-order valence-electron chi connectivity index (χ1n) is 6.21. The lowest BCUT2D eigenvalue weighted by Crippen LogP contribution is -2.40. The monoisotopic (exact) mass is 259 g/mol. The van der Waals surface area contributed by atoms with E-state index in [0.29, 0.717) is 38.5 Å². The number of carboxylic acids is 2. The molecule has 0 rings (SSSR count). The van der Waals surface area contributed by atoms with Gasteiger partial charge in [0.05, 0.1) is 0 Å². The summed E-state index contributed by atoms with van der Waals surface area (Å²) in [5.41, 5.74) is 0. The van der Waals surface area contributed by atoms with E-state index in [1.807, 2.05) is 6.92 Å². The van der Waals surface area contributed by atoms with Crippen molar-refractivity contribution in [1.29, 1.82) is 0 Å². The number of rotatable bonds is 10. The maximum Gasteiger partial charge on any atom is 0.326 e. The number of hydrogen-bond donors (Lipinski definition) is 3. The fraction of sp³-hybridized carbons (Fsp3) is 0.750. The second kappa shape index (κ2) is 9.44. The topological polar surface area (TPSA) is 104 Å². The lowest BCUT2D eigenvalue weighted by atomic mass is 10.1. The van der Waals surface area contributed by atoms with Gasteiger partial charge in [0.1, 0.15) is 6.04 Å². The highest BCUT2D eigenvalue weighted by molar-refractivity contribution is 5.83. The number of unbranched alkanes of at least 4 members (excludes halogenated alkanes) is 2. The molecule has 6 heteroatoms. The molecule has 1 atom stereocenters. The van der Waals surface area contributed by atoms with Crippen LogP contribution in [-0.4, -0.2) is 34.1 Å². The number of carbonyl (C=O) groups excluding carboxylic acids is 1. The third-order valence-corrected chi connectivity index (χ3v) is 2.49. The molecule has 0 saturated heterocycles. The van der Waals surface area contributed by atoms with Crippen molar-refractivity contribution in [3.8, 4) is 0 Å². The summed E-state index contributed by atoms with van der Waals surface area (Å²) < 4.78 is 0. The van der Waals surface area contributed by atoms with E-state index in [1.165, 1.54) is 0 Å². The van der Waals surface area contributed by atoms with Crippen LogP contribution in [0.1, 0.15) is 51.9 Å². The minimum absolute atomic E-state index is 0.0972. The van der Waals surface area contributed by atoms with Crippen LogP contribution >= 0.6 is 0 Å². The normalized spacial score (nSPS) is 11.8. The van der Waals surface area contributed by atoms with E-state index in [0.717, 1.165) is 0 Å². The summed E-state index contributed by atoms with van der Waals surface area (Å²) in [4.78, 5) is 32.5. The summed E-state index contributed by atoms with van der Waals surface area (Å²) in [7, 11) is 0. The van der Waals surface area contributed by atoms with E-state index in [9.17, 15) is 14.4 Å². The van der Waals surface area contributed by atoms with E-state index in [4.69, 9.17) is 10.2 Å². The quantitative estimate of drug-likeness (QED) is 0.514. The number of carboxylic acid groups (broad SMARTS) is 2. The van der Waals surface area contributed by atoms with Crippen LogP contribution in [-0.2, 0) is 14.4 Å². The molecule has 0 aliphatic heterocycles. The zero-order valence-corrected chi connectivity index (χ0v) is 10.6. The van der Waals surface area contributed by atoms with Crippen LogP contribution in [0.15, 0.2) is 0 Å². The second-order valence-electron chi connectivity index (χ2n) is 4.20. The van der Waals surface area contributed by atoms with E-state index in [1.54, 1.807) is 0 Å². The van der Waals surface area contributed by atoms with Gasteiger partial charge in [-0.15, -0.1) is 0 Å². The van der Waals surface area contributed by atoms with Crippen molar-refractivity contribution in [3.63, 3.8) is 0 Å². The molecule has 104 valence electrons. The van der Waals surface area contributed by atoms with Crippen LogP contribution in [0.5, 0.6) is 0 Å². The van der Waals surface area contributed by atoms with E-state index >= 15 is 0 Å². The van der Waals surface area contributed by atoms with Crippen LogP contribution in [0.25, 0.3) is 0 Å². The lowest BCUT2D eigenvalue weighted by Gasteiger charge is -2.13. The maximum absolute atomic E-state index is 11.3. The summed E-state index contributed by atoms with van der Waals surface area (Å²) in [6, 6.07) is -0.867. The highest BCUT2D eigenvalue weighted by Crippen LogP contribution is 2.06. The fourth-order valence-corrected chi connectivity index (χ4v) is 1.55. The van der Waals surface area contributed by atoms with Crippen molar-refractivity contribution in [2.24, 2.45) is 0 Å². The van der Waals surface area contributed by atoms with Crippen LogP contribution in [0.3, 0.4) is 0 Å². The van der Waals surface area contributed by atoms with Gasteiger partial charge in [0.2, 0.25) is 5.91 Å². The van der Waals surface area contributed by atoms with Crippen molar-refractivity contribution in [2.75, 3.05) is 0 Å². The molecule has 0 bridgehead atoms. The standard InChI is InChI=1S/C12H21NO5/c1-2-6-10(14)13-9(12(17)18)7-4-3-5-8-11(15)16/h9H,2-8H2,1H3,(H,13,14)(H,15,16)(H,17,18). The smallest absolute Gasteiger partial charge is 0.326 e. The highest BCUT2D eigenvalue weighted by atomic mass is 16.4. The third-order valence-electron chi connectivity index (χ3n) is 2.49. The van der Waals surface area contributed by atoms with Gasteiger partial charge in [0.15, 0.2) is 0 Å². The summed E-state index contributed by atoms with van der Waals surface area (Å²) in [6.07, 6.45) is 3.21. The number of hydrogen-bond acceptors (Lipinski definition) is 3. The van der Waals surface area contributed by atoms with Crippen LogP contribution in [0.2, 0.25) is 0 Å². The van der Waals surface area contributed by atoms with Crippen molar-refractivity contribution < 1.29 is 24.6 Å². The van der Waals surface area contributed by atoms with Gasteiger partial charge in [0, 0.05) is 12.8 Å². The largest absolute Gasteiger partial charge is 0.481 e. The van der Waals surface area contributed by atoms with E-state index < -0.39 is 18.0 Å². The SMILES string of the molecule is CCCC(=O)NC(CCCCCC(=O)O)C(=O)O. The molecule has 3 N–H and O–H groups in total. The van der Waals surface area contributed by atoms with Gasteiger partial charge in [-0.3, -0.25) is 9.59 Å². The molecular formula is C12H21NO5. The first-order chi connectivity index (χ1) is 8.47. The van der Waals surface area contributed by atoms with E-state index in [-0.39, 0.29) is 12.3 Å². The molecule has 0 aromatic carbocycles. The van der Waals surface area contributed by atoms with Crippen molar-refractivity contribution in [2.45, 2.75) is 57.9 Å². The van der Waals surface area contributed by atoms with Gasteiger partial charge in [-0.1, -0.05) is 19.8 Å². The molecule has 0 saturated carbocycles. The van der Waals surface area contributed by atoms with E-state index in [2.05, 4.69) is 5.32 Å². The van der Waals surface area contributed by atoms with Crippen LogP contribution in [0, 0.1) is 0 Å².